The van der Waals surface area contributed by atoms with Crippen LogP contribution in [0.1, 0.15) is 4.88 Å². The Morgan fingerprint density at radius 1 is 1.24 bits per heavy atom. The molecular weight excluding hydrogens is 254 g/mol. The molecule has 2 nitrogen and oxygen atoms in total. The summed E-state index contributed by atoms with van der Waals surface area (Å²) in [7, 11) is 0. The second kappa shape index (κ2) is 6.05. The molecule has 90 valence electrons. The monoisotopic (exact) mass is 267 g/mol. The van der Waals surface area contributed by atoms with Crippen molar-refractivity contribution in [3.05, 3.63) is 51.7 Å². The van der Waals surface area contributed by atoms with Gasteiger partial charge < -0.3 is 10.5 Å². The van der Waals surface area contributed by atoms with Crippen LogP contribution in [0.15, 0.2) is 41.8 Å². The molecule has 0 saturated heterocycles. The molecule has 0 spiro atoms. The van der Waals surface area contributed by atoms with Gasteiger partial charge in [-0.15, -0.1) is 11.3 Å². The summed E-state index contributed by atoms with van der Waals surface area (Å²) < 4.78 is 5.60. The van der Waals surface area contributed by atoms with Gasteiger partial charge in [-0.25, -0.2) is 0 Å². The van der Waals surface area contributed by atoms with E-state index in [1.165, 1.54) is 4.88 Å². The maximum Gasteiger partial charge on any atom is 0.137 e. The van der Waals surface area contributed by atoms with Gasteiger partial charge in [-0.2, -0.15) is 0 Å². The van der Waals surface area contributed by atoms with Crippen LogP contribution in [0.5, 0.6) is 5.75 Å². The molecule has 0 aliphatic carbocycles. The highest BCUT2D eigenvalue weighted by Gasteiger charge is 2.07. The predicted octanol–water partition coefficient (Wildman–Crippen LogP) is 3.35. The van der Waals surface area contributed by atoms with Gasteiger partial charge in [-0.3, -0.25) is 0 Å². The summed E-state index contributed by atoms with van der Waals surface area (Å²) in [5.74, 6) is 0.691. The topological polar surface area (TPSA) is 35.2 Å². The maximum absolute atomic E-state index is 6.00. The van der Waals surface area contributed by atoms with Crippen LogP contribution in [0.3, 0.4) is 0 Å². The Balaban J connectivity index is 1.84. The molecule has 0 amide bonds. The minimum absolute atomic E-state index is 0.00933. The van der Waals surface area contributed by atoms with Gasteiger partial charge in [0, 0.05) is 17.3 Å². The van der Waals surface area contributed by atoms with E-state index in [-0.39, 0.29) is 6.04 Å². The lowest BCUT2D eigenvalue weighted by atomic mass is 10.2. The van der Waals surface area contributed by atoms with Crippen LogP contribution in [-0.4, -0.2) is 12.6 Å². The normalized spacial score (nSPS) is 12.4. The number of benzene rings is 1. The zero-order valence-corrected chi connectivity index (χ0v) is 10.9. The van der Waals surface area contributed by atoms with Crippen LogP contribution in [0.25, 0.3) is 0 Å². The van der Waals surface area contributed by atoms with Gasteiger partial charge in [0.15, 0.2) is 0 Å². The van der Waals surface area contributed by atoms with E-state index in [9.17, 15) is 0 Å². The summed E-state index contributed by atoms with van der Waals surface area (Å²) in [6.07, 6.45) is 0.835. The molecule has 0 aliphatic heterocycles. The molecule has 2 aromatic rings. The molecular formula is C13H14ClNOS. The van der Waals surface area contributed by atoms with Gasteiger partial charge >= 0.3 is 0 Å². The van der Waals surface area contributed by atoms with Crippen molar-refractivity contribution in [3.63, 3.8) is 0 Å². The number of ether oxygens (including phenoxy) is 1. The van der Waals surface area contributed by atoms with Crippen LogP contribution >= 0.6 is 22.9 Å². The summed E-state index contributed by atoms with van der Waals surface area (Å²) in [5.41, 5.74) is 6.00. The third-order valence-corrected chi connectivity index (χ3v) is 3.54. The molecule has 1 unspecified atom stereocenters. The summed E-state index contributed by atoms with van der Waals surface area (Å²) in [6.45, 7) is 0.474. The van der Waals surface area contributed by atoms with Gasteiger partial charge in [0.1, 0.15) is 12.4 Å². The lowest BCUT2D eigenvalue weighted by Gasteiger charge is -2.13. The van der Waals surface area contributed by atoms with Crippen molar-refractivity contribution in [1.29, 1.82) is 0 Å². The highest BCUT2D eigenvalue weighted by atomic mass is 35.5. The Labute approximate surface area is 110 Å². The number of nitrogens with two attached hydrogens (primary N) is 1. The molecule has 1 atom stereocenters. The number of halogens is 1. The van der Waals surface area contributed by atoms with E-state index in [4.69, 9.17) is 22.1 Å². The molecule has 1 heterocycles. The molecule has 0 bridgehead atoms. The van der Waals surface area contributed by atoms with Gasteiger partial charge in [-0.1, -0.05) is 29.8 Å². The van der Waals surface area contributed by atoms with Crippen molar-refractivity contribution in [1.82, 2.24) is 0 Å². The molecule has 2 N–H and O–H groups in total. The van der Waals surface area contributed by atoms with E-state index >= 15 is 0 Å². The lowest BCUT2D eigenvalue weighted by Crippen LogP contribution is -2.29. The lowest BCUT2D eigenvalue weighted by molar-refractivity contribution is 0.288. The fourth-order valence-electron chi connectivity index (χ4n) is 1.50. The number of thiophene rings is 1. The first-order valence-electron chi connectivity index (χ1n) is 5.41. The Bertz CT molecular complexity index is 458. The van der Waals surface area contributed by atoms with Gasteiger partial charge in [0.25, 0.3) is 0 Å². The van der Waals surface area contributed by atoms with E-state index in [0.717, 1.165) is 6.42 Å². The average Bonchev–Trinajstić information content (AvgIpc) is 2.81. The van der Waals surface area contributed by atoms with Gasteiger partial charge in [0.2, 0.25) is 0 Å². The number of hydrogen-bond donors (Lipinski definition) is 1. The standard InChI is InChI=1S/C13H14ClNOS/c14-12-5-1-2-6-13(12)16-9-10(15)8-11-4-3-7-17-11/h1-7,10H,8-9,15H2. The summed E-state index contributed by atoms with van der Waals surface area (Å²) in [6, 6.07) is 11.5. The smallest absolute Gasteiger partial charge is 0.137 e. The van der Waals surface area contributed by atoms with Gasteiger partial charge in [-0.05, 0) is 23.6 Å². The largest absolute Gasteiger partial charge is 0.490 e. The average molecular weight is 268 g/mol. The summed E-state index contributed by atoms with van der Waals surface area (Å²) >= 11 is 7.70. The Morgan fingerprint density at radius 3 is 2.76 bits per heavy atom. The third kappa shape index (κ3) is 3.73. The van der Waals surface area contributed by atoms with Crippen molar-refractivity contribution < 1.29 is 4.74 Å². The first kappa shape index (κ1) is 12.4. The maximum atomic E-state index is 6.00. The molecule has 0 aliphatic rings. The zero-order valence-electron chi connectivity index (χ0n) is 9.30. The Hall–Kier alpha value is -1.03. The van der Waals surface area contributed by atoms with Gasteiger partial charge in [0.05, 0.1) is 5.02 Å². The van der Waals surface area contributed by atoms with E-state index in [0.29, 0.717) is 17.4 Å². The molecule has 0 fully saturated rings. The SMILES string of the molecule is NC(COc1ccccc1Cl)Cc1cccs1. The van der Waals surface area contributed by atoms with Crippen molar-refractivity contribution in [2.75, 3.05) is 6.61 Å². The van der Waals surface area contributed by atoms with Crippen molar-refractivity contribution in [3.8, 4) is 5.75 Å². The Kier molecular flexibility index (Phi) is 4.42. The van der Waals surface area contributed by atoms with Crippen LogP contribution in [0, 0.1) is 0 Å². The second-order valence-corrected chi connectivity index (χ2v) is 5.22. The summed E-state index contributed by atoms with van der Waals surface area (Å²) in [5, 5.41) is 2.67. The van der Waals surface area contributed by atoms with Crippen LogP contribution in [0.4, 0.5) is 0 Å². The second-order valence-electron chi connectivity index (χ2n) is 3.78. The quantitative estimate of drug-likeness (QED) is 0.902. The van der Waals surface area contributed by atoms with E-state index in [1.54, 1.807) is 11.3 Å². The van der Waals surface area contributed by atoms with Crippen molar-refractivity contribution in [2.24, 2.45) is 5.73 Å². The van der Waals surface area contributed by atoms with Crippen molar-refractivity contribution in [2.45, 2.75) is 12.5 Å². The van der Waals surface area contributed by atoms with Crippen molar-refractivity contribution >= 4 is 22.9 Å². The first-order valence-corrected chi connectivity index (χ1v) is 6.67. The third-order valence-electron chi connectivity index (χ3n) is 2.33. The molecule has 17 heavy (non-hydrogen) atoms. The number of para-hydroxylation sites is 1. The van der Waals surface area contributed by atoms with E-state index in [2.05, 4.69) is 11.4 Å². The summed E-state index contributed by atoms with van der Waals surface area (Å²) in [4.78, 5) is 1.28. The molecule has 2 rings (SSSR count). The highest BCUT2D eigenvalue weighted by molar-refractivity contribution is 7.09. The zero-order chi connectivity index (χ0) is 12.1. The van der Waals surface area contributed by atoms with Crippen LogP contribution in [0.2, 0.25) is 5.02 Å². The minimum Gasteiger partial charge on any atom is -0.490 e. The predicted molar refractivity (Wildman–Crippen MR) is 72.9 cm³/mol. The van der Waals surface area contributed by atoms with E-state index in [1.807, 2.05) is 30.3 Å². The van der Waals surface area contributed by atoms with E-state index < -0.39 is 0 Å². The van der Waals surface area contributed by atoms with Crippen LogP contribution in [-0.2, 0) is 6.42 Å². The first-order chi connectivity index (χ1) is 8.25. The number of rotatable bonds is 5. The number of hydrogen-bond acceptors (Lipinski definition) is 3. The van der Waals surface area contributed by atoms with Crippen LogP contribution < -0.4 is 10.5 Å². The molecule has 1 aromatic heterocycles. The Morgan fingerprint density at radius 2 is 2.06 bits per heavy atom. The molecule has 0 radical (unpaired) electrons. The molecule has 0 saturated carbocycles. The fourth-order valence-corrected chi connectivity index (χ4v) is 2.49. The molecule has 1 aromatic carbocycles. The highest BCUT2D eigenvalue weighted by Crippen LogP contribution is 2.23. The molecule has 4 heteroatoms. The fraction of sp³-hybridized carbons (Fsp3) is 0.231. The minimum atomic E-state index is -0.00933.